The van der Waals surface area contributed by atoms with E-state index < -0.39 is 8.07 Å². The third-order valence-electron chi connectivity index (χ3n) is 3.62. The van der Waals surface area contributed by atoms with Crippen LogP contribution >= 0.6 is 0 Å². The molecular formula is C10H24Si. The van der Waals surface area contributed by atoms with E-state index in [2.05, 4.69) is 41.5 Å². The van der Waals surface area contributed by atoms with Crippen LogP contribution in [0.25, 0.3) is 0 Å². The Labute approximate surface area is 73.4 Å². The molecule has 0 bridgehead atoms. The van der Waals surface area contributed by atoms with Gasteiger partial charge in [-0.1, -0.05) is 64.7 Å². The van der Waals surface area contributed by atoms with Gasteiger partial charge in [0.2, 0.25) is 0 Å². The Balaban J connectivity index is 4.46. The Morgan fingerprint density at radius 1 is 0.818 bits per heavy atom. The molecule has 0 unspecified atom stereocenters. The van der Waals surface area contributed by atoms with E-state index in [0.29, 0.717) is 0 Å². The van der Waals surface area contributed by atoms with Gasteiger partial charge in [0.15, 0.2) is 0 Å². The zero-order valence-corrected chi connectivity index (χ0v) is 10.1. The van der Waals surface area contributed by atoms with E-state index in [9.17, 15) is 0 Å². The van der Waals surface area contributed by atoms with Gasteiger partial charge in [-0.2, -0.15) is 0 Å². The molecule has 0 radical (unpaired) electrons. The van der Waals surface area contributed by atoms with Gasteiger partial charge in [-0.25, -0.2) is 0 Å². The smallest absolute Gasteiger partial charge is 0.0581 e. The van der Waals surface area contributed by atoms with Crippen molar-refractivity contribution in [3.63, 3.8) is 0 Å². The lowest BCUT2D eigenvalue weighted by atomic mass is 10.5. The first kappa shape index (κ1) is 11.2. The third-order valence-corrected chi connectivity index (χ3v) is 10.8. The predicted octanol–water partition coefficient (Wildman–Crippen LogP) is 4.30. The monoisotopic (exact) mass is 172 g/mol. The van der Waals surface area contributed by atoms with Crippen LogP contribution < -0.4 is 0 Å². The van der Waals surface area contributed by atoms with Crippen LogP contribution in [-0.4, -0.2) is 8.07 Å². The molecule has 0 aliphatic heterocycles. The summed E-state index contributed by atoms with van der Waals surface area (Å²) >= 11 is 0. The fourth-order valence-corrected chi connectivity index (χ4v) is 7.65. The summed E-state index contributed by atoms with van der Waals surface area (Å²) in [4.78, 5) is 0. The molecule has 0 aliphatic rings. The molecule has 0 N–H and O–H groups in total. The summed E-state index contributed by atoms with van der Waals surface area (Å²) in [5.74, 6) is 0. The first-order chi connectivity index (χ1) is 5.01. The van der Waals surface area contributed by atoms with Crippen molar-refractivity contribution in [3.05, 3.63) is 0 Å². The molecule has 0 saturated heterocycles. The van der Waals surface area contributed by atoms with Crippen molar-refractivity contribution in [2.24, 2.45) is 0 Å². The van der Waals surface area contributed by atoms with Gasteiger partial charge in [0.1, 0.15) is 0 Å². The highest BCUT2D eigenvalue weighted by atomic mass is 28.3. The van der Waals surface area contributed by atoms with Gasteiger partial charge >= 0.3 is 0 Å². The van der Waals surface area contributed by atoms with Crippen LogP contribution in [0.2, 0.25) is 23.2 Å². The fraction of sp³-hybridized carbons (Fsp3) is 1.00. The van der Waals surface area contributed by atoms with E-state index >= 15 is 0 Å². The maximum absolute atomic E-state index is 2.42. The lowest BCUT2D eigenvalue weighted by Crippen LogP contribution is -2.39. The molecule has 0 spiro atoms. The summed E-state index contributed by atoms with van der Waals surface area (Å²) in [6.45, 7) is 14.4. The van der Waals surface area contributed by atoms with Crippen molar-refractivity contribution < 1.29 is 0 Å². The molecule has 0 aromatic carbocycles. The minimum absolute atomic E-state index is 0.898. The molecule has 1 heteroatoms. The number of hydrogen-bond donors (Lipinski definition) is 0. The molecule has 0 rings (SSSR count). The van der Waals surface area contributed by atoms with E-state index in [-0.39, 0.29) is 0 Å². The Morgan fingerprint density at radius 3 is 1.09 bits per heavy atom. The normalized spacial score (nSPS) is 13.1. The second-order valence-corrected chi connectivity index (χ2v) is 10.4. The first-order valence-corrected chi connectivity index (χ1v) is 7.58. The molecule has 0 amide bonds. The molecule has 0 aromatic rings. The van der Waals surface area contributed by atoms with E-state index in [0.717, 1.165) is 11.1 Å². The van der Waals surface area contributed by atoms with Crippen LogP contribution in [0, 0.1) is 0 Å². The van der Waals surface area contributed by atoms with E-state index in [1.807, 2.05) is 0 Å². The minimum Gasteiger partial charge on any atom is -0.0678 e. The van der Waals surface area contributed by atoms with Crippen LogP contribution in [0.15, 0.2) is 0 Å². The van der Waals surface area contributed by atoms with Crippen molar-refractivity contribution in [1.29, 1.82) is 0 Å². The maximum atomic E-state index is 2.42. The van der Waals surface area contributed by atoms with Crippen LogP contribution in [0.4, 0.5) is 0 Å². The summed E-state index contributed by atoms with van der Waals surface area (Å²) < 4.78 is 0. The van der Waals surface area contributed by atoms with Crippen molar-refractivity contribution in [2.45, 2.75) is 64.7 Å². The minimum atomic E-state index is -0.898. The Bertz CT molecular complexity index is 91.4. The summed E-state index contributed by atoms with van der Waals surface area (Å²) in [7, 11) is -0.898. The molecule has 0 aliphatic carbocycles. The molecule has 0 nitrogen and oxygen atoms in total. The zero-order chi connectivity index (χ0) is 9.07. The molecule has 0 aromatic heterocycles. The highest BCUT2D eigenvalue weighted by Crippen LogP contribution is 2.38. The molecule has 68 valence electrons. The lowest BCUT2D eigenvalue weighted by molar-refractivity contribution is 0.862. The molecule has 11 heavy (non-hydrogen) atoms. The largest absolute Gasteiger partial charge is 0.0678 e. The van der Waals surface area contributed by atoms with Gasteiger partial charge in [-0.15, -0.1) is 0 Å². The topological polar surface area (TPSA) is 0 Å². The number of hydrogen-bond acceptors (Lipinski definition) is 0. The Kier molecular flexibility index (Phi) is 4.38. The van der Waals surface area contributed by atoms with E-state index in [4.69, 9.17) is 0 Å². The van der Waals surface area contributed by atoms with Crippen molar-refractivity contribution >= 4 is 8.07 Å². The van der Waals surface area contributed by atoms with E-state index in [1.54, 1.807) is 0 Å². The highest BCUT2D eigenvalue weighted by molar-refractivity contribution is 6.82. The summed E-state index contributed by atoms with van der Waals surface area (Å²) in [5.41, 5.74) is 1.91. The van der Waals surface area contributed by atoms with Gasteiger partial charge in [-0.05, 0) is 0 Å². The zero-order valence-electron chi connectivity index (χ0n) is 9.07. The van der Waals surface area contributed by atoms with Gasteiger partial charge in [0, 0.05) is 0 Å². The molecular weight excluding hydrogens is 148 g/mol. The van der Waals surface area contributed by atoms with Gasteiger partial charge < -0.3 is 0 Å². The van der Waals surface area contributed by atoms with Crippen molar-refractivity contribution in [2.75, 3.05) is 0 Å². The molecule has 0 fully saturated rings. The number of rotatable bonds is 4. The summed E-state index contributed by atoms with van der Waals surface area (Å²) in [6, 6.07) is 2.91. The standard InChI is InChI=1S/C10H24Si/c1-7-11(8-2,9(3)4)10(5)6/h9-10H,7-8H2,1-6H3. The van der Waals surface area contributed by atoms with Crippen LogP contribution in [0.3, 0.4) is 0 Å². The Hall–Kier alpha value is 0.217. The second-order valence-electron chi connectivity index (χ2n) is 4.25. The second kappa shape index (κ2) is 4.29. The Morgan fingerprint density at radius 2 is 1.09 bits per heavy atom. The first-order valence-electron chi connectivity index (χ1n) is 5.01. The van der Waals surface area contributed by atoms with Gasteiger partial charge in [-0.3, -0.25) is 0 Å². The average molecular weight is 172 g/mol. The molecule has 0 atom stereocenters. The van der Waals surface area contributed by atoms with Gasteiger partial charge in [0.05, 0.1) is 8.07 Å². The molecule has 0 saturated carbocycles. The quantitative estimate of drug-likeness (QED) is 0.555. The van der Waals surface area contributed by atoms with Crippen LogP contribution in [-0.2, 0) is 0 Å². The SMILES string of the molecule is CC[Si](CC)(C(C)C)C(C)C. The van der Waals surface area contributed by atoms with Crippen LogP contribution in [0.5, 0.6) is 0 Å². The summed E-state index contributed by atoms with van der Waals surface area (Å²) in [6.07, 6.45) is 0. The highest BCUT2D eigenvalue weighted by Gasteiger charge is 2.35. The lowest BCUT2D eigenvalue weighted by Gasteiger charge is -2.37. The fourth-order valence-electron chi connectivity index (χ4n) is 2.55. The predicted molar refractivity (Wildman–Crippen MR) is 56.9 cm³/mol. The van der Waals surface area contributed by atoms with Crippen molar-refractivity contribution in [1.82, 2.24) is 0 Å². The summed E-state index contributed by atoms with van der Waals surface area (Å²) in [5, 5.41) is 0. The maximum Gasteiger partial charge on any atom is 0.0581 e. The van der Waals surface area contributed by atoms with Gasteiger partial charge in [0.25, 0.3) is 0 Å². The average Bonchev–Trinajstić information content (AvgIpc) is 1.90. The van der Waals surface area contributed by atoms with Crippen molar-refractivity contribution in [3.8, 4) is 0 Å². The van der Waals surface area contributed by atoms with Crippen LogP contribution in [0.1, 0.15) is 41.5 Å². The molecule has 0 heterocycles. The third kappa shape index (κ3) is 2.08. The van der Waals surface area contributed by atoms with E-state index in [1.165, 1.54) is 12.1 Å².